The molecule has 0 aliphatic carbocycles. The Morgan fingerprint density at radius 1 is 1.07 bits per heavy atom. The highest BCUT2D eigenvalue weighted by molar-refractivity contribution is 5.91. The number of nitrogens with one attached hydrogen (secondary N) is 1. The predicted octanol–water partition coefficient (Wildman–Crippen LogP) is 1.89. The standard InChI is InChI=1S/C21H22N4O3/c1-3-12-22-19(26)18-20(27)24(14-16-9-5-4-6-10-16)21(28)25(23-18)17-11-7-8-15(2)13-17/h4-11,13H,3,12,14H2,1-2H3,(H,22,26). The van der Waals surface area contributed by atoms with Gasteiger partial charge < -0.3 is 5.32 Å². The van der Waals surface area contributed by atoms with E-state index < -0.39 is 17.2 Å². The monoisotopic (exact) mass is 378 g/mol. The summed E-state index contributed by atoms with van der Waals surface area (Å²) in [5.74, 6) is -0.588. The summed E-state index contributed by atoms with van der Waals surface area (Å²) in [5, 5.41) is 6.76. The van der Waals surface area contributed by atoms with Crippen LogP contribution < -0.4 is 16.6 Å². The van der Waals surface area contributed by atoms with Crippen LogP contribution in [0.2, 0.25) is 0 Å². The summed E-state index contributed by atoms with van der Waals surface area (Å²) in [6.07, 6.45) is 0.724. The minimum absolute atomic E-state index is 0.0564. The van der Waals surface area contributed by atoms with Crippen LogP contribution in [0.3, 0.4) is 0 Å². The summed E-state index contributed by atoms with van der Waals surface area (Å²) >= 11 is 0. The van der Waals surface area contributed by atoms with Gasteiger partial charge in [0, 0.05) is 6.54 Å². The minimum atomic E-state index is -0.702. The van der Waals surface area contributed by atoms with Crippen molar-refractivity contribution in [1.29, 1.82) is 0 Å². The van der Waals surface area contributed by atoms with E-state index in [1.165, 1.54) is 0 Å². The molecule has 2 aromatic carbocycles. The van der Waals surface area contributed by atoms with Gasteiger partial charge in [0.1, 0.15) is 0 Å². The lowest BCUT2D eigenvalue weighted by Crippen LogP contribution is -2.46. The second-order valence-corrected chi connectivity index (χ2v) is 6.51. The van der Waals surface area contributed by atoms with Gasteiger partial charge in [-0.2, -0.15) is 9.78 Å². The number of rotatable bonds is 6. The lowest BCUT2D eigenvalue weighted by Gasteiger charge is -2.12. The van der Waals surface area contributed by atoms with E-state index in [1.54, 1.807) is 18.2 Å². The van der Waals surface area contributed by atoms with E-state index in [1.807, 2.05) is 50.2 Å². The molecule has 0 unspecified atom stereocenters. The largest absolute Gasteiger partial charge is 0.352 e. The van der Waals surface area contributed by atoms with Crippen molar-refractivity contribution in [3.05, 3.63) is 92.3 Å². The molecule has 0 aliphatic heterocycles. The first-order valence-electron chi connectivity index (χ1n) is 9.14. The zero-order chi connectivity index (χ0) is 20.1. The van der Waals surface area contributed by atoms with Gasteiger partial charge in [-0.05, 0) is 36.6 Å². The zero-order valence-corrected chi connectivity index (χ0v) is 15.9. The van der Waals surface area contributed by atoms with E-state index in [0.29, 0.717) is 12.2 Å². The number of hydrogen-bond acceptors (Lipinski definition) is 4. The van der Waals surface area contributed by atoms with Gasteiger partial charge >= 0.3 is 5.69 Å². The third-order valence-electron chi connectivity index (χ3n) is 4.24. The number of aryl methyl sites for hydroxylation is 1. The molecule has 0 spiro atoms. The highest BCUT2D eigenvalue weighted by Crippen LogP contribution is 2.07. The minimum Gasteiger partial charge on any atom is -0.350 e. The first-order chi connectivity index (χ1) is 13.5. The number of amides is 1. The van der Waals surface area contributed by atoms with E-state index in [4.69, 9.17) is 0 Å². The van der Waals surface area contributed by atoms with Gasteiger partial charge in [0.05, 0.1) is 12.2 Å². The zero-order valence-electron chi connectivity index (χ0n) is 15.9. The van der Waals surface area contributed by atoms with Crippen LogP contribution in [0.4, 0.5) is 0 Å². The molecular weight excluding hydrogens is 356 g/mol. The molecule has 3 rings (SSSR count). The van der Waals surface area contributed by atoms with Crippen LogP contribution in [-0.2, 0) is 6.54 Å². The van der Waals surface area contributed by atoms with Crippen molar-refractivity contribution in [2.45, 2.75) is 26.8 Å². The molecule has 0 saturated carbocycles. The molecule has 7 heteroatoms. The SMILES string of the molecule is CCCNC(=O)c1nn(-c2cccc(C)c2)c(=O)n(Cc2ccccc2)c1=O. The molecule has 7 nitrogen and oxygen atoms in total. The van der Waals surface area contributed by atoms with E-state index in [0.717, 1.165) is 26.8 Å². The Labute approximate surface area is 162 Å². The molecule has 0 bridgehead atoms. The van der Waals surface area contributed by atoms with Crippen LogP contribution in [0, 0.1) is 6.92 Å². The first-order valence-corrected chi connectivity index (χ1v) is 9.14. The third kappa shape index (κ3) is 4.09. The summed E-state index contributed by atoms with van der Waals surface area (Å²) in [5.41, 5.74) is 0.618. The fraction of sp³-hybridized carbons (Fsp3) is 0.238. The number of aromatic nitrogens is 3. The second kappa shape index (κ2) is 8.47. The van der Waals surface area contributed by atoms with Gasteiger partial charge in [-0.1, -0.05) is 49.4 Å². The lowest BCUT2D eigenvalue weighted by molar-refractivity contribution is 0.0944. The van der Waals surface area contributed by atoms with Crippen LogP contribution in [-0.4, -0.2) is 26.8 Å². The van der Waals surface area contributed by atoms with Gasteiger partial charge in [0.15, 0.2) is 0 Å². The Balaban J connectivity index is 2.19. The van der Waals surface area contributed by atoms with Crippen LogP contribution in [0.15, 0.2) is 64.2 Å². The Morgan fingerprint density at radius 3 is 2.50 bits per heavy atom. The summed E-state index contributed by atoms with van der Waals surface area (Å²) in [6, 6.07) is 16.3. The molecule has 1 amide bonds. The van der Waals surface area contributed by atoms with Crippen LogP contribution >= 0.6 is 0 Å². The van der Waals surface area contributed by atoms with Crippen molar-refractivity contribution in [1.82, 2.24) is 19.7 Å². The Kier molecular flexibility index (Phi) is 5.84. The Morgan fingerprint density at radius 2 is 1.82 bits per heavy atom. The fourth-order valence-corrected chi connectivity index (χ4v) is 2.81. The molecule has 0 atom stereocenters. The third-order valence-corrected chi connectivity index (χ3v) is 4.24. The molecule has 1 heterocycles. The molecule has 0 radical (unpaired) electrons. The molecule has 0 saturated heterocycles. The summed E-state index contributed by atoms with van der Waals surface area (Å²) < 4.78 is 2.16. The first kappa shape index (κ1) is 19.3. The highest BCUT2D eigenvalue weighted by atomic mass is 16.2. The van der Waals surface area contributed by atoms with Gasteiger partial charge in [-0.15, -0.1) is 0 Å². The van der Waals surface area contributed by atoms with Gasteiger partial charge in [-0.25, -0.2) is 4.79 Å². The maximum Gasteiger partial charge on any atom is 0.352 e. The Bertz CT molecular complexity index is 1100. The van der Waals surface area contributed by atoms with E-state index in [2.05, 4.69) is 10.4 Å². The fourth-order valence-electron chi connectivity index (χ4n) is 2.81. The van der Waals surface area contributed by atoms with Crippen molar-refractivity contribution >= 4 is 5.91 Å². The summed E-state index contributed by atoms with van der Waals surface area (Å²) in [4.78, 5) is 38.4. The van der Waals surface area contributed by atoms with Crippen molar-refractivity contribution < 1.29 is 4.79 Å². The quantitative estimate of drug-likeness (QED) is 0.710. The maximum absolute atomic E-state index is 13.0. The van der Waals surface area contributed by atoms with Crippen molar-refractivity contribution in [3.63, 3.8) is 0 Å². The summed E-state index contributed by atoms with van der Waals surface area (Å²) in [6.45, 7) is 4.28. The second-order valence-electron chi connectivity index (χ2n) is 6.51. The molecule has 144 valence electrons. The molecule has 1 aromatic heterocycles. The average Bonchev–Trinajstić information content (AvgIpc) is 2.70. The highest BCUT2D eigenvalue weighted by Gasteiger charge is 2.20. The van der Waals surface area contributed by atoms with Crippen LogP contribution in [0.5, 0.6) is 0 Å². The van der Waals surface area contributed by atoms with E-state index >= 15 is 0 Å². The van der Waals surface area contributed by atoms with Crippen molar-refractivity contribution in [2.24, 2.45) is 0 Å². The van der Waals surface area contributed by atoms with E-state index in [-0.39, 0.29) is 12.2 Å². The molecule has 3 aromatic rings. The molecule has 1 N–H and O–H groups in total. The number of hydrogen-bond donors (Lipinski definition) is 1. The molecule has 0 aliphatic rings. The topological polar surface area (TPSA) is 86.0 Å². The van der Waals surface area contributed by atoms with Gasteiger partial charge in [-0.3, -0.25) is 14.2 Å². The number of carbonyl (C=O) groups is 1. The molecule has 28 heavy (non-hydrogen) atoms. The van der Waals surface area contributed by atoms with Gasteiger partial charge in [0.25, 0.3) is 11.5 Å². The normalized spacial score (nSPS) is 10.6. The number of nitrogens with zero attached hydrogens (tertiary/aromatic N) is 3. The molecule has 0 fully saturated rings. The van der Waals surface area contributed by atoms with Crippen molar-refractivity contribution in [2.75, 3.05) is 6.54 Å². The van der Waals surface area contributed by atoms with Crippen molar-refractivity contribution in [3.8, 4) is 5.69 Å². The van der Waals surface area contributed by atoms with E-state index in [9.17, 15) is 14.4 Å². The summed E-state index contributed by atoms with van der Waals surface area (Å²) in [7, 11) is 0. The smallest absolute Gasteiger partial charge is 0.350 e. The van der Waals surface area contributed by atoms with Crippen LogP contribution in [0.25, 0.3) is 5.69 Å². The average molecular weight is 378 g/mol. The molecular formula is C21H22N4O3. The maximum atomic E-state index is 13.0. The Hall–Kier alpha value is -3.48. The number of carbonyl (C=O) groups excluding carboxylic acids is 1. The predicted molar refractivity (Wildman–Crippen MR) is 107 cm³/mol. The van der Waals surface area contributed by atoms with Gasteiger partial charge in [0.2, 0.25) is 5.69 Å². The lowest BCUT2D eigenvalue weighted by atomic mass is 10.2. The number of benzene rings is 2. The van der Waals surface area contributed by atoms with Crippen LogP contribution in [0.1, 0.15) is 35.0 Å².